The summed E-state index contributed by atoms with van der Waals surface area (Å²) in [5.74, 6) is 0. The number of thiophene rings is 1. The highest BCUT2D eigenvalue weighted by molar-refractivity contribution is 9.10. The van der Waals surface area contributed by atoms with Crippen molar-refractivity contribution in [1.82, 2.24) is 0 Å². The molecule has 90 valence electrons. The van der Waals surface area contributed by atoms with Gasteiger partial charge in [-0.05, 0) is 45.3 Å². The molecule has 1 aromatic carbocycles. The van der Waals surface area contributed by atoms with Crippen LogP contribution in [-0.2, 0) is 12.0 Å². The number of halogens is 1. The maximum absolute atomic E-state index is 6.57. The van der Waals surface area contributed by atoms with Crippen molar-refractivity contribution in [3.63, 3.8) is 0 Å². The van der Waals surface area contributed by atoms with Gasteiger partial charge in [0.25, 0.3) is 0 Å². The van der Waals surface area contributed by atoms with Crippen molar-refractivity contribution in [2.75, 3.05) is 0 Å². The lowest BCUT2D eigenvalue weighted by Crippen LogP contribution is -2.38. The highest BCUT2D eigenvalue weighted by Gasteiger charge is 2.28. The molecule has 0 spiro atoms. The summed E-state index contributed by atoms with van der Waals surface area (Å²) in [5, 5.41) is 4.24. The van der Waals surface area contributed by atoms with Crippen LogP contribution in [0.1, 0.15) is 24.5 Å². The molecule has 2 N–H and O–H groups in total. The normalized spacial score (nSPS) is 14.5. The minimum atomic E-state index is -0.278. The second-order valence-electron chi connectivity index (χ2n) is 4.31. The molecule has 2 rings (SSSR count). The van der Waals surface area contributed by atoms with Gasteiger partial charge in [-0.3, -0.25) is 0 Å². The van der Waals surface area contributed by atoms with Gasteiger partial charge in [-0.1, -0.05) is 37.3 Å². The Balaban J connectivity index is 2.30. The third kappa shape index (κ3) is 2.79. The van der Waals surface area contributed by atoms with Crippen molar-refractivity contribution >= 4 is 27.3 Å². The van der Waals surface area contributed by atoms with Gasteiger partial charge in [0, 0.05) is 15.4 Å². The second kappa shape index (κ2) is 5.34. The van der Waals surface area contributed by atoms with E-state index >= 15 is 0 Å². The van der Waals surface area contributed by atoms with E-state index in [0.29, 0.717) is 0 Å². The predicted molar refractivity (Wildman–Crippen MR) is 78.3 cm³/mol. The van der Waals surface area contributed by atoms with Crippen LogP contribution < -0.4 is 5.73 Å². The monoisotopic (exact) mass is 309 g/mol. The lowest BCUT2D eigenvalue weighted by molar-refractivity contribution is 0.424. The first-order chi connectivity index (χ1) is 8.15. The molecule has 0 amide bonds. The molecule has 0 aliphatic heterocycles. The van der Waals surface area contributed by atoms with E-state index in [2.05, 4.69) is 57.9 Å². The molecule has 0 fully saturated rings. The maximum atomic E-state index is 6.57. The summed E-state index contributed by atoms with van der Waals surface area (Å²) in [5.41, 5.74) is 8.80. The van der Waals surface area contributed by atoms with E-state index in [0.717, 1.165) is 17.3 Å². The number of rotatable bonds is 4. The van der Waals surface area contributed by atoms with Crippen LogP contribution in [0.4, 0.5) is 0 Å². The van der Waals surface area contributed by atoms with Crippen molar-refractivity contribution in [1.29, 1.82) is 0 Å². The summed E-state index contributed by atoms with van der Waals surface area (Å²) in [6, 6.07) is 10.4. The Morgan fingerprint density at radius 1 is 1.24 bits per heavy atom. The number of hydrogen-bond acceptors (Lipinski definition) is 2. The smallest absolute Gasteiger partial charge is 0.0467 e. The molecule has 1 aromatic heterocycles. The molecule has 1 nitrogen and oxygen atoms in total. The SMILES string of the molecule is CCC(N)(Cc1ccccc1)c1cscc1Br. The van der Waals surface area contributed by atoms with E-state index in [4.69, 9.17) is 5.73 Å². The minimum absolute atomic E-state index is 0.278. The summed E-state index contributed by atoms with van der Waals surface area (Å²) in [4.78, 5) is 0. The van der Waals surface area contributed by atoms with Crippen LogP contribution in [0.15, 0.2) is 45.6 Å². The van der Waals surface area contributed by atoms with E-state index in [-0.39, 0.29) is 5.54 Å². The average Bonchev–Trinajstić information content (AvgIpc) is 2.77. The van der Waals surface area contributed by atoms with E-state index in [9.17, 15) is 0 Å². The number of nitrogens with two attached hydrogens (primary N) is 1. The third-order valence-electron chi connectivity index (χ3n) is 3.14. The van der Waals surface area contributed by atoms with Crippen molar-refractivity contribution in [2.24, 2.45) is 5.73 Å². The Kier molecular flexibility index (Phi) is 4.02. The highest BCUT2D eigenvalue weighted by atomic mass is 79.9. The fourth-order valence-electron chi connectivity index (χ4n) is 2.01. The van der Waals surface area contributed by atoms with Crippen molar-refractivity contribution in [3.8, 4) is 0 Å². The van der Waals surface area contributed by atoms with Gasteiger partial charge in [0.05, 0.1) is 0 Å². The fourth-order valence-corrected chi connectivity index (χ4v) is 3.80. The van der Waals surface area contributed by atoms with Crippen LogP contribution in [0.2, 0.25) is 0 Å². The standard InChI is InChI=1S/C14H16BrNS/c1-2-14(16,12-9-17-10-13(12)15)8-11-6-4-3-5-7-11/h3-7,9-10H,2,8,16H2,1H3. The molecule has 0 saturated carbocycles. The predicted octanol–water partition coefficient (Wildman–Crippen LogP) is 4.32. The Morgan fingerprint density at radius 2 is 1.94 bits per heavy atom. The van der Waals surface area contributed by atoms with Crippen LogP contribution in [-0.4, -0.2) is 0 Å². The van der Waals surface area contributed by atoms with Gasteiger partial charge in [-0.15, -0.1) is 0 Å². The molecule has 1 unspecified atom stereocenters. The van der Waals surface area contributed by atoms with E-state index in [1.165, 1.54) is 11.1 Å². The second-order valence-corrected chi connectivity index (χ2v) is 5.90. The maximum Gasteiger partial charge on any atom is 0.0467 e. The first-order valence-corrected chi connectivity index (χ1v) is 7.44. The van der Waals surface area contributed by atoms with Crippen molar-refractivity contribution in [3.05, 3.63) is 56.7 Å². The van der Waals surface area contributed by atoms with Gasteiger partial charge >= 0.3 is 0 Å². The van der Waals surface area contributed by atoms with Crippen LogP contribution >= 0.6 is 27.3 Å². The Hall–Kier alpha value is -0.640. The van der Waals surface area contributed by atoms with E-state index in [1.54, 1.807) is 11.3 Å². The average molecular weight is 310 g/mol. The van der Waals surface area contributed by atoms with E-state index < -0.39 is 0 Å². The first-order valence-electron chi connectivity index (χ1n) is 5.70. The zero-order valence-electron chi connectivity index (χ0n) is 9.82. The molecule has 17 heavy (non-hydrogen) atoms. The summed E-state index contributed by atoms with van der Waals surface area (Å²) < 4.78 is 1.13. The molecular weight excluding hydrogens is 294 g/mol. The quantitative estimate of drug-likeness (QED) is 0.894. The Morgan fingerprint density at radius 3 is 2.47 bits per heavy atom. The summed E-state index contributed by atoms with van der Waals surface area (Å²) in [6.45, 7) is 2.15. The molecule has 0 radical (unpaired) electrons. The van der Waals surface area contributed by atoms with Crippen LogP contribution in [0, 0.1) is 0 Å². The third-order valence-corrected chi connectivity index (χ3v) is 4.85. The number of benzene rings is 1. The lowest BCUT2D eigenvalue weighted by Gasteiger charge is -2.28. The molecule has 3 heteroatoms. The van der Waals surface area contributed by atoms with E-state index in [1.807, 2.05) is 6.07 Å². The number of hydrogen-bond donors (Lipinski definition) is 1. The lowest BCUT2D eigenvalue weighted by atomic mass is 9.84. The fraction of sp³-hybridized carbons (Fsp3) is 0.286. The van der Waals surface area contributed by atoms with Crippen LogP contribution in [0.5, 0.6) is 0 Å². The Labute approximate surface area is 115 Å². The molecule has 0 aliphatic carbocycles. The van der Waals surface area contributed by atoms with Crippen molar-refractivity contribution < 1.29 is 0 Å². The first kappa shape index (κ1) is 12.8. The molecule has 0 saturated heterocycles. The van der Waals surface area contributed by atoms with Gasteiger partial charge in [-0.2, -0.15) is 11.3 Å². The zero-order chi connectivity index (χ0) is 12.3. The van der Waals surface area contributed by atoms with Gasteiger partial charge in [0.2, 0.25) is 0 Å². The van der Waals surface area contributed by atoms with Gasteiger partial charge in [0.15, 0.2) is 0 Å². The molecule has 1 atom stereocenters. The van der Waals surface area contributed by atoms with Gasteiger partial charge < -0.3 is 5.73 Å². The molecule has 0 bridgehead atoms. The van der Waals surface area contributed by atoms with Crippen LogP contribution in [0.3, 0.4) is 0 Å². The Bertz CT molecular complexity index is 480. The minimum Gasteiger partial charge on any atom is -0.321 e. The zero-order valence-corrected chi connectivity index (χ0v) is 12.2. The molecule has 2 aromatic rings. The molecule has 1 heterocycles. The van der Waals surface area contributed by atoms with Gasteiger partial charge in [-0.25, -0.2) is 0 Å². The van der Waals surface area contributed by atoms with Gasteiger partial charge in [0.1, 0.15) is 0 Å². The molecular formula is C14H16BrNS. The molecule has 0 aliphatic rings. The summed E-state index contributed by atoms with van der Waals surface area (Å²) in [7, 11) is 0. The van der Waals surface area contributed by atoms with Crippen molar-refractivity contribution in [2.45, 2.75) is 25.3 Å². The highest BCUT2D eigenvalue weighted by Crippen LogP contribution is 2.34. The summed E-state index contributed by atoms with van der Waals surface area (Å²) >= 11 is 5.28. The van der Waals surface area contributed by atoms with Crippen LogP contribution in [0.25, 0.3) is 0 Å². The largest absolute Gasteiger partial charge is 0.321 e. The summed E-state index contributed by atoms with van der Waals surface area (Å²) in [6.07, 6.45) is 1.80. The topological polar surface area (TPSA) is 26.0 Å².